The number of amides is 3. The number of anilines is 1. The third-order valence-corrected chi connectivity index (χ3v) is 7.29. The van der Waals surface area contributed by atoms with Gasteiger partial charge in [-0.05, 0) is 30.7 Å². The molecule has 174 valence electrons. The molecule has 0 aliphatic carbocycles. The molecule has 5 atom stereocenters. The van der Waals surface area contributed by atoms with Crippen molar-refractivity contribution in [1.82, 2.24) is 20.9 Å². The second kappa shape index (κ2) is 9.11. The summed E-state index contributed by atoms with van der Waals surface area (Å²) in [5.74, 6) is -2.14. The Balaban J connectivity index is 1.36. The van der Waals surface area contributed by atoms with E-state index in [0.29, 0.717) is 11.7 Å². The summed E-state index contributed by atoms with van der Waals surface area (Å²) in [5.41, 5.74) is 0.682. The van der Waals surface area contributed by atoms with Gasteiger partial charge in [-0.1, -0.05) is 49.7 Å². The third kappa shape index (κ3) is 4.20. The summed E-state index contributed by atoms with van der Waals surface area (Å²) < 4.78 is 0. The topological polar surface area (TPSA) is 103 Å². The van der Waals surface area contributed by atoms with Crippen LogP contribution in [0.15, 0.2) is 42.5 Å². The normalized spacial score (nSPS) is 30.3. The van der Waals surface area contributed by atoms with E-state index in [1.807, 2.05) is 42.5 Å². The van der Waals surface area contributed by atoms with Gasteiger partial charge in [-0.25, -0.2) is 0 Å². The molecule has 0 saturated carbocycles. The van der Waals surface area contributed by atoms with Crippen molar-refractivity contribution in [2.45, 2.75) is 57.5 Å². The van der Waals surface area contributed by atoms with E-state index in [2.05, 4.69) is 33.1 Å². The number of carbonyl (C=O) groups excluding carboxylic acids is 3. The maximum Gasteiger partial charge on any atom is 0.229 e. The van der Waals surface area contributed by atoms with Crippen LogP contribution in [0.4, 0.5) is 5.69 Å². The lowest BCUT2D eigenvalue weighted by Crippen LogP contribution is -2.75. The van der Waals surface area contributed by atoms with Gasteiger partial charge in [0.2, 0.25) is 17.7 Å². The Morgan fingerprint density at radius 2 is 1.91 bits per heavy atom. The number of rotatable bonds is 4. The van der Waals surface area contributed by atoms with Gasteiger partial charge in [0.05, 0.1) is 18.0 Å². The van der Waals surface area contributed by atoms with Crippen LogP contribution in [0, 0.1) is 11.8 Å². The zero-order valence-electron chi connectivity index (χ0n) is 18.8. The van der Waals surface area contributed by atoms with Gasteiger partial charge in [0.1, 0.15) is 6.29 Å². The zero-order chi connectivity index (χ0) is 22.9. The van der Waals surface area contributed by atoms with E-state index in [-0.39, 0.29) is 30.4 Å². The average Bonchev–Trinajstić information content (AvgIpc) is 2.83. The monoisotopic (exact) mass is 449 g/mol. The van der Waals surface area contributed by atoms with E-state index in [0.717, 1.165) is 36.6 Å². The van der Waals surface area contributed by atoms with E-state index in [1.165, 1.54) is 6.42 Å². The number of hydrogen-bond donors (Lipinski definition) is 4. The highest BCUT2D eigenvalue weighted by Crippen LogP contribution is 2.31. The molecule has 3 saturated heterocycles. The highest BCUT2D eigenvalue weighted by molar-refractivity contribution is 6.05. The van der Waals surface area contributed by atoms with Gasteiger partial charge in [0.15, 0.2) is 0 Å². The van der Waals surface area contributed by atoms with Crippen LogP contribution >= 0.6 is 0 Å². The molecule has 0 bridgehead atoms. The molecule has 2 aromatic carbocycles. The summed E-state index contributed by atoms with van der Waals surface area (Å²) in [5, 5.41) is 14.3. The standard InChI is InChI=1S/C25H31N5O3/c1-2-16-10-5-6-13-30(16)25-28-22-21(24(33)29-25)18(14-20(31)27-22)23(32)26-19-12-7-9-15-8-3-4-11-17(15)19/h3-4,7-9,11-12,16,18,21-22,25,28H,2,5-6,10,13-14H2,1H3,(H,26,32)(H,27,31)(H,29,33). The summed E-state index contributed by atoms with van der Waals surface area (Å²) in [7, 11) is 0. The molecule has 3 aliphatic heterocycles. The minimum absolute atomic E-state index is 0.0150. The quantitative estimate of drug-likeness (QED) is 0.573. The van der Waals surface area contributed by atoms with Crippen molar-refractivity contribution < 1.29 is 14.4 Å². The van der Waals surface area contributed by atoms with Crippen molar-refractivity contribution in [2.75, 3.05) is 11.9 Å². The van der Waals surface area contributed by atoms with Crippen LogP contribution in [0.25, 0.3) is 10.8 Å². The lowest BCUT2D eigenvalue weighted by atomic mass is 9.80. The molecule has 8 nitrogen and oxygen atoms in total. The lowest BCUT2D eigenvalue weighted by Gasteiger charge is -2.49. The van der Waals surface area contributed by atoms with Gasteiger partial charge >= 0.3 is 0 Å². The first-order valence-corrected chi connectivity index (χ1v) is 12.0. The number of benzene rings is 2. The minimum atomic E-state index is -0.750. The van der Waals surface area contributed by atoms with Crippen molar-refractivity contribution in [2.24, 2.45) is 11.8 Å². The van der Waals surface area contributed by atoms with E-state index >= 15 is 0 Å². The Labute approximate surface area is 193 Å². The van der Waals surface area contributed by atoms with E-state index in [4.69, 9.17) is 0 Å². The fourth-order valence-electron chi connectivity index (χ4n) is 5.60. The van der Waals surface area contributed by atoms with Crippen molar-refractivity contribution >= 4 is 34.2 Å². The van der Waals surface area contributed by atoms with Gasteiger partial charge in [0, 0.05) is 30.1 Å². The Morgan fingerprint density at radius 1 is 1.09 bits per heavy atom. The molecule has 5 unspecified atom stereocenters. The first-order valence-electron chi connectivity index (χ1n) is 12.0. The minimum Gasteiger partial charge on any atom is -0.340 e. The number of carbonyl (C=O) groups is 3. The van der Waals surface area contributed by atoms with Crippen molar-refractivity contribution in [3.05, 3.63) is 42.5 Å². The molecule has 2 aromatic rings. The summed E-state index contributed by atoms with van der Waals surface area (Å²) in [6.07, 6.45) is 3.44. The van der Waals surface area contributed by atoms with E-state index < -0.39 is 18.0 Å². The summed E-state index contributed by atoms with van der Waals surface area (Å²) >= 11 is 0. The van der Waals surface area contributed by atoms with Crippen molar-refractivity contribution in [3.8, 4) is 0 Å². The molecule has 4 N–H and O–H groups in total. The average molecular weight is 450 g/mol. The fraction of sp³-hybridized carbons (Fsp3) is 0.480. The van der Waals surface area contributed by atoms with Gasteiger partial charge in [0.25, 0.3) is 0 Å². The maximum atomic E-state index is 13.3. The van der Waals surface area contributed by atoms with Gasteiger partial charge in [-0.3, -0.25) is 24.6 Å². The number of fused-ring (bicyclic) bond motifs is 2. The lowest BCUT2D eigenvalue weighted by molar-refractivity contribution is -0.148. The first-order chi connectivity index (χ1) is 16.0. The molecular formula is C25H31N5O3. The van der Waals surface area contributed by atoms with E-state index in [1.54, 1.807) is 0 Å². The second-order valence-corrected chi connectivity index (χ2v) is 9.27. The molecule has 0 spiro atoms. The molecule has 0 aromatic heterocycles. The summed E-state index contributed by atoms with van der Waals surface area (Å²) in [6.45, 7) is 3.05. The zero-order valence-corrected chi connectivity index (χ0v) is 18.8. The summed E-state index contributed by atoms with van der Waals surface area (Å²) in [6, 6.07) is 13.9. The largest absolute Gasteiger partial charge is 0.340 e. The molecule has 5 rings (SSSR count). The SMILES string of the molecule is CCC1CCCCN1C1NC(=O)C2C(NC(=O)CC2C(=O)Nc2cccc3ccccc23)N1. The second-order valence-electron chi connectivity index (χ2n) is 9.27. The predicted molar refractivity (Wildman–Crippen MR) is 126 cm³/mol. The van der Waals surface area contributed by atoms with Crippen LogP contribution in [0.2, 0.25) is 0 Å². The third-order valence-electron chi connectivity index (χ3n) is 7.29. The number of piperidine rings is 2. The highest BCUT2D eigenvalue weighted by atomic mass is 16.2. The fourth-order valence-corrected chi connectivity index (χ4v) is 5.60. The van der Waals surface area contributed by atoms with Gasteiger partial charge in [-0.2, -0.15) is 0 Å². The van der Waals surface area contributed by atoms with Crippen LogP contribution in [0.5, 0.6) is 0 Å². The van der Waals surface area contributed by atoms with Crippen LogP contribution < -0.4 is 21.3 Å². The molecule has 3 aliphatic rings. The Kier molecular flexibility index (Phi) is 6.03. The van der Waals surface area contributed by atoms with Crippen molar-refractivity contribution in [3.63, 3.8) is 0 Å². The van der Waals surface area contributed by atoms with Gasteiger partial charge < -0.3 is 16.0 Å². The van der Waals surface area contributed by atoms with Crippen molar-refractivity contribution in [1.29, 1.82) is 0 Å². The predicted octanol–water partition coefficient (Wildman–Crippen LogP) is 2.12. The number of hydrogen-bond acceptors (Lipinski definition) is 5. The molecule has 3 amide bonds. The van der Waals surface area contributed by atoms with E-state index in [9.17, 15) is 14.4 Å². The Hall–Kier alpha value is -2.97. The Morgan fingerprint density at radius 3 is 2.76 bits per heavy atom. The van der Waals surface area contributed by atoms with Crippen LogP contribution in [-0.2, 0) is 14.4 Å². The molecule has 3 fully saturated rings. The molecule has 0 radical (unpaired) electrons. The van der Waals surface area contributed by atoms with Crippen LogP contribution in [0.1, 0.15) is 39.0 Å². The van der Waals surface area contributed by atoms with Crippen LogP contribution in [0.3, 0.4) is 0 Å². The first kappa shape index (κ1) is 21.9. The highest BCUT2D eigenvalue weighted by Gasteiger charge is 2.49. The number of nitrogens with one attached hydrogen (secondary N) is 4. The molecule has 33 heavy (non-hydrogen) atoms. The molecule has 8 heteroatoms. The number of nitrogens with zero attached hydrogens (tertiary/aromatic N) is 1. The smallest absolute Gasteiger partial charge is 0.229 e. The number of likely N-dealkylation sites (tertiary alicyclic amines) is 1. The van der Waals surface area contributed by atoms with Gasteiger partial charge in [-0.15, -0.1) is 0 Å². The molecular weight excluding hydrogens is 418 g/mol. The maximum absolute atomic E-state index is 13.3. The van der Waals surface area contributed by atoms with Crippen LogP contribution in [-0.4, -0.2) is 47.7 Å². The Bertz CT molecular complexity index is 1070. The summed E-state index contributed by atoms with van der Waals surface area (Å²) in [4.78, 5) is 41.4. The molecule has 3 heterocycles.